The Bertz CT molecular complexity index is 682. The average molecular weight is 482 g/mol. The van der Waals surface area contributed by atoms with Gasteiger partial charge >= 0.3 is 0 Å². The number of ether oxygens (including phenoxy) is 2. The molecule has 8 nitrogen and oxygen atoms in total. The van der Waals surface area contributed by atoms with E-state index in [0.29, 0.717) is 17.9 Å². The lowest BCUT2D eigenvalue weighted by atomic mass is 9.99. The number of carbonyl (C=O) groups is 1. The Morgan fingerprint density at radius 3 is 1.97 bits per heavy atom. The molecule has 8 heteroatoms. The maximum atomic E-state index is 12.2. The number of nitrogens with one attached hydrogen (secondary N) is 1. The Morgan fingerprint density at radius 1 is 0.853 bits per heavy atom. The van der Waals surface area contributed by atoms with Crippen LogP contribution in [0.3, 0.4) is 0 Å². The van der Waals surface area contributed by atoms with Crippen molar-refractivity contribution in [2.45, 2.75) is 115 Å². The molecular formula is C26H43NO7. The van der Waals surface area contributed by atoms with Crippen LogP contribution < -0.4 is 10.1 Å². The van der Waals surface area contributed by atoms with Crippen molar-refractivity contribution in [3.63, 3.8) is 0 Å². The minimum absolute atomic E-state index is 0.0291. The lowest BCUT2D eigenvalue weighted by Crippen LogP contribution is -2.60. The Balaban J connectivity index is 1.61. The normalized spacial score (nSPS) is 24.7. The molecule has 1 amide bonds. The van der Waals surface area contributed by atoms with Crippen molar-refractivity contribution in [2.75, 3.05) is 11.9 Å². The maximum Gasteiger partial charge on any atom is 0.229 e. The molecule has 1 aliphatic rings. The second-order valence-corrected chi connectivity index (χ2v) is 9.17. The smallest absolute Gasteiger partial charge is 0.229 e. The summed E-state index contributed by atoms with van der Waals surface area (Å²) in [4.78, 5) is 12.2. The third-order valence-electron chi connectivity index (χ3n) is 6.25. The zero-order chi connectivity index (χ0) is 24.8. The average Bonchev–Trinajstić information content (AvgIpc) is 2.84. The Morgan fingerprint density at radius 2 is 1.41 bits per heavy atom. The van der Waals surface area contributed by atoms with Crippen LogP contribution in [0.4, 0.5) is 5.69 Å². The molecule has 1 aliphatic heterocycles. The quantitative estimate of drug-likeness (QED) is 0.229. The molecule has 5 N–H and O–H groups in total. The minimum atomic E-state index is -1.50. The van der Waals surface area contributed by atoms with Gasteiger partial charge in [0.25, 0.3) is 0 Å². The predicted molar refractivity (Wildman–Crippen MR) is 131 cm³/mol. The summed E-state index contributed by atoms with van der Waals surface area (Å²) in [5.74, 6) is 0.325. The number of hydrogen-bond donors (Lipinski definition) is 5. The van der Waals surface area contributed by atoms with Gasteiger partial charge in [-0.15, -0.1) is 0 Å². The molecule has 0 saturated carbocycles. The first kappa shape index (κ1) is 28.5. The molecule has 5 atom stereocenters. The van der Waals surface area contributed by atoms with E-state index in [0.717, 1.165) is 12.8 Å². The second kappa shape index (κ2) is 16.1. The molecule has 1 saturated heterocycles. The number of rotatable bonds is 16. The van der Waals surface area contributed by atoms with Crippen molar-refractivity contribution < 1.29 is 34.7 Å². The van der Waals surface area contributed by atoms with E-state index in [2.05, 4.69) is 12.2 Å². The summed E-state index contributed by atoms with van der Waals surface area (Å²) >= 11 is 0. The van der Waals surface area contributed by atoms with E-state index in [-0.39, 0.29) is 5.91 Å². The minimum Gasteiger partial charge on any atom is -0.462 e. The molecule has 1 fully saturated rings. The van der Waals surface area contributed by atoms with Gasteiger partial charge in [0.05, 0.1) is 6.61 Å². The third-order valence-corrected chi connectivity index (χ3v) is 6.25. The standard InChI is InChI=1S/C26H43NO7/c1-2-3-4-5-6-7-8-9-10-11-12-13-22(29)27-19-14-16-20(17-15-19)33-26-25(32)24(31)23(30)21(18-28)34-26/h14-17,21,23-26,28,30-32H,2-13,18H2,1H3,(H,27,29)/t21-,23-,24+,25-,26-/m1/s1. The second-order valence-electron chi connectivity index (χ2n) is 9.17. The molecule has 0 unspecified atom stereocenters. The number of aliphatic hydroxyl groups excluding tert-OH is 4. The number of anilines is 1. The number of hydrogen-bond acceptors (Lipinski definition) is 7. The van der Waals surface area contributed by atoms with E-state index in [1.165, 1.54) is 57.8 Å². The van der Waals surface area contributed by atoms with E-state index in [1.54, 1.807) is 24.3 Å². The molecule has 1 aromatic rings. The van der Waals surface area contributed by atoms with Crippen LogP contribution in [0.2, 0.25) is 0 Å². The number of amides is 1. The topological polar surface area (TPSA) is 128 Å². The van der Waals surface area contributed by atoms with Crippen LogP contribution in [0, 0.1) is 0 Å². The SMILES string of the molecule is CCCCCCCCCCCCCC(=O)Nc1ccc(O[C@@H]2O[C@H](CO)[C@@H](O)[C@H](O)[C@H]2O)cc1. The number of aliphatic hydroxyl groups is 4. The van der Waals surface area contributed by atoms with Crippen molar-refractivity contribution in [1.29, 1.82) is 0 Å². The molecule has 0 radical (unpaired) electrons. The van der Waals surface area contributed by atoms with Crippen molar-refractivity contribution in [3.8, 4) is 5.75 Å². The van der Waals surface area contributed by atoms with E-state index in [9.17, 15) is 25.2 Å². The van der Waals surface area contributed by atoms with E-state index in [4.69, 9.17) is 9.47 Å². The summed E-state index contributed by atoms with van der Waals surface area (Å²) in [5.41, 5.74) is 0.634. The van der Waals surface area contributed by atoms with Gasteiger partial charge in [0.15, 0.2) is 0 Å². The van der Waals surface area contributed by atoms with Crippen LogP contribution in [0.1, 0.15) is 84.0 Å². The van der Waals surface area contributed by atoms with Crippen molar-refractivity contribution in [2.24, 2.45) is 0 Å². The number of carbonyl (C=O) groups excluding carboxylic acids is 1. The molecule has 0 aromatic heterocycles. The van der Waals surface area contributed by atoms with Gasteiger partial charge in [-0.25, -0.2) is 0 Å². The highest BCUT2D eigenvalue weighted by Gasteiger charge is 2.44. The molecular weight excluding hydrogens is 438 g/mol. The van der Waals surface area contributed by atoms with Gasteiger partial charge in [0.2, 0.25) is 12.2 Å². The van der Waals surface area contributed by atoms with Crippen molar-refractivity contribution in [3.05, 3.63) is 24.3 Å². The molecule has 2 rings (SSSR count). The highest BCUT2D eigenvalue weighted by molar-refractivity contribution is 5.90. The van der Waals surface area contributed by atoms with Gasteiger partial charge in [-0.05, 0) is 30.7 Å². The zero-order valence-electron chi connectivity index (χ0n) is 20.4. The number of unbranched alkanes of at least 4 members (excludes halogenated alkanes) is 10. The van der Waals surface area contributed by atoms with Crippen LogP contribution in [0.15, 0.2) is 24.3 Å². The summed E-state index contributed by atoms with van der Waals surface area (Å²) in [6, 6.07) is 6.58. The fraction of sp³-hybridized carbons (Fsp3) is 0.731. The van der Waals surface area contributed by atoms with Gasteiger partial charge < -0.3 is 35.2 Å². The fourth-order valence-corrected chi connectivity index (χ4v) is 4.09. The Kier molecular flexibility index (Phi) is 13.5. The van der Waals surface area contributed by atoms with E-state index >= 15 is 0 Å². The molecule has 1 aromatic carbocycles. The summed E-state index contributed by atoms with van der Waals surface area (Å²) in [6.45, 7) is 1.72. The van der Waals surface area contributed by atoms with Crippen LogP contribution in [-0.4, -0.2) is 63.6 Å². The lowest BCUT2D eigenvalue weighted by Gasteiger charge is -2.39. The Labute approximate surface area is 203 Å². The summed E-state index contributed by atoms with van der Waals surface area (Å²) in [7, 11) is 0. The van der Waals surface area contributed by atoms with Gasteiger partial charge in [-0.1, -0.05) is 71.1 Å². The van der Waals surface area contributed by atoms with E-state index in [1.807, 2.05) is 0 Å². The van der Waals surface area contributed by atoms with Crippen LogP contribution in [0.5, 0.6) is 5.75 Å². The van der Waals surface area contributed by atoms with Gasteiger partial charge in [0.1, 0.15) is 30.2 Å². The summed E-state index contributed by atoms with van der Waals surface area (Å²) in [6.07, 6.45) is 7.48. The monoisotopic (exact) mass is 481 g/mol. The summed E-state index contributed by atoms with van der Waals surface area (Å²) in [5, 5.41) is 41.9. The lowest BCUT2D eigenvalue weighted by molar-refractivity contribution is -0.277. The number of benzene rings is 1. The first-order chi connectivity index (χ1) is 16.5. The van der Waals surface area contributed by atoms with Gasteiger partial charge in [-0.2, -0.15) is 0 Å². The van der Waals surface area contributed by atoms with Crippen molar-refractivity contribution in [1.82, 2.24) is 0 Å². The van der Waals surface area contributed by atoms with Crippen LogP contribution >= 0.6 is 0 Å². The molecule has 0 spiro atoms. The molecule has 0 aliphatic carbocycles. The third kappa shape index (κ3) is 9.88. The fourth-order valence-electron chi connectivity index (χ4n) is 4.09. The van der Waals surface area contributed by atoms with Gasteiger partial charge in [0, 0.05) is 12.1 Å². The Hall–Kier alpha value is -1.71. The first-order valence-corrected chi connectivity index (χ1v) is 12.8. The summed E-state index contributed by atoms with van der Waals surface area (Å²) < 4.78 is 10.9. The highest BCUT2D eigenvalue weighted by atomic mass is 16.7. The molecule has 0 bridgehead atoms. The van der Waals surface area contributed by atoms with Crippen LogP contribution in [-0.2, 0) is 9.53 Å². The van der Waals surface area contributed by atoms with Crippen LogP contribution in [0.25, 0.3) is 0 Å². The van der Waals surface area contributed by atoms with Crippen molar-refractivity contribution >= 4 is 11.6 Å². The molecule has 34 heavy (non-hydrogen) atoms. The molecule has 194 valence electrons. The predicted octanol–water partition coefficient (Wildman–Crippen LogP) is 3.50. The van der Waals surface area contributed by atoms with E-state index < -0.39 is 37.3 Å². The largest absolute Gasteiger partial charge is 0.462 e. The maximum absolute atomic E-state index is 12.2. The van der Waals surface area contributed by atoms with Gasteiger partial charge in [-0.3, -0.25) is 4.79 Å². The first-order valence-electron chi connectivity index (χ1n) is 12.8. The zero-order valence-corrected chi connectivity index (χ0v) is 20.4. The highest BCUT2D eigenvalue weighted by Crippen LogP contribution is 2.25. The molecule has 1 heterocycles.